The summed E-state index contributed by atoms with van der Waals surface area (Å²) in [5, 5.41) is 12.0. The van der Waals surface area contributed by atoms with Crippen LogP contribution < -0.4 is 10.2 Å². The number of nitrogens with zero attached hydrogens (tertiary/aromatic N) is 1. The minimum absolute atomic E-state index is 0.0593. The van der Waals surface area contributed by atoms with Gasteiger partial charge in [0.2, 0.25) is 0 Å². The molecule has 2 aromatic carbocycles. The van der Waals surface area contributed by atoms with Crippen molar-refractivity contribution in [3.63, 3.8) is 0 Å². The molecular weight excluding hydrogens is 312 g/mol. The van der Waals surface area contributed by atoms with Crippen molar-refractivity contribution >= 4 is 11.8 Å². The lowest BCUT2D eigenvalue weighted by molar-refractivity contribution is 0.178. The Balaban J connectivity index is 1.71. The van der Waals surface area contributed by atoms with Crippen LogP contribution in [0.5, 0.6) is 0 Å². The van der Waals surface area contributed by atoms with Crippen molar-refractivity contribution in [1.29, 1.82) is 0 Å². The summed E-state index contributed by atoms with van der Waals surface area (Å²) in [6.45, 7) is 0. The van der Waals surface area contributed by atoms with E-state index in [0.717, 1.165) is 25.7 Å². The monoisotopic (exact) mass is 336 g/mol. The number of anilines is 1. The highest BCUT2D eigenvalue weighted by Crippen LogP contribution is 2.60. The van der Waals surface area contributed by atoms with Crippen LogP contribution in [0.2, 0.25) is 0 Å². The molecule has 1 spiro atoms. The van der Waals surface area contributed by atoms with Gasteiger partial charge in [-0.2, -0.15) is 0 Å². The van der Waals surface area contributed by atoms with E-state index in [0.29, 0.717) is 0 Å². The number of carboxylic acid groups (broad SMARTS) is 1. The quantitative estimate of drug-likeness (QED) is 0.870. The maximum absolute atomic E-state index is 11.3. The molecule has 1 unspecified atom stereocenters. The summed E-state index contributed by atoms with van der Waals surface area (Å²) < 4.78 is 0. The van der Waals surface area contributed by atoms with E-state index in [9.17, 15) is 9.90 Å². The zero-order valence-corrected chi connectivity index (χ0v) is 14.7. The number of amides is 1. The van der Waals surface area contributed by atoms with Crippen LogP contribution in [0.3, 0.4) is 0 Å². The Morgan fingerprint density at radius 1 is 1.12 bits per heavy atom. The van der Waals surface area contributed by atoms with Crippen molar-refractivity contribution in [1.82, 2.24) is 5.32 Å². The molecule has 2 aromatic rings. The van der Waals surface area contributed by atoms with Crippen molar-refractivity contribution in [2.24, 2.45) is 5.41 Å². The molecule has 2 N–H and O–H groups in total. The lowest BCUT2D eigenvalue weighted by Crippen LogP contribution is -2.36. The van der Waals surface area contributed by atoms with Crippen molar-refractivity contribution in [3.8, 4) is 11.1 Å². The second-order valence-corrected chi connectivity index (χ2v) is 7.60. The van der Waals surface area contributed by atoms with Crippen LogP contribution in [0, 0.1) is 5.41 Å². The fourth-order valence-electron chi connectivity index (χ4n) is 4.16. The SMILES string of the molecule is CN(C)c1cccc(-c2ccc3c(c2)CCC2(CC2)C3NC(=O)O)c1. The van der Waals surface area contributed by atoms with Crippen LogP contribution >= 0.6 is 0 Å². The van der Waals surface area contributed by atoms with Crippen LogP contribution in [0.4, 0.5) is 10.5 Å². The summed E-state index contributed by atoms with van der Waals surface area (Å²) >= 11 is 0. The molecule has 0 aromatic heterocycles. The molecule has 0 radical (unpaired) electrons. The van der Waals surface area contributed by atoms with E-state index in [-0.39, 0.29) is 11.5 Å². The molecule has 4 nitrogen and oxygen atoms in total. The van der Waals surface area contributed by atoms with E-state index in [1.807, 2.05) is 14.1 Å². The number of hydrogen-bond donors (Lipinski definition) is 2. The zero-order valence-electron chi connectivity index (χ0n) is 14.7. The summed E-state index contributed by atoms with van der Waals surface area (Å²) in [6, 6.07) is 15.0. The van der Waals surface area contributed by atoms with Gasteiger partial charge in [0.05, 0.1) is 6.04 Å². The van der Waals surface area contributed by atoms with Gasteiger partial charge in [-0.15, -0.1) is 0 Å². The molecule has 0 saturated heterocycles. The number of aryl methyl sites for hydroxylation is 1. The van der Waals surface area contributed by atoms with Gasteiger partial charge >= 0.3 is 6.09 Å². The van der Waals surface area contributed by atoms with Gasteiger partial charge in [0.1, 0.15) is 0 Å². The van der Waals surface area contributed by atoms with Crippen LogP contribution in [0.15, 0.2) is 42.5 Å². The maximum Gasteiger partial charge on any atom is 0.405 e. The topological polar surface area (TPSA) is 52.6 Å². The Hall–Kier alpha value is -2.49. The van der Waals surface area contributed by atoms with E-state index in [1.165, 1.54) is 27.9 Å². The minimum atomic E-state index is -0.924. The molecule has 2 aliphatic carbocycles. The van der Waals surface area contributed by atoms with Gasteiger partial charge in [-0.1, -0.05) is 30.3 Å². The summed E-state index contributed by atoms with van der Waals surface area (Å²) in [7, 11) is 4.09. The highest BCUT2D eigenvalue weighted by atomic mass is 16.4. The van der Waals surface area contributed by atoms with Gasteiger partial charge in [0, 0.05) is 19.8 Å². The largest absolute Gasteiger partial charge is 0.465 e. The van der Waals surface area contributed by atoms with Crippen LogP contribution in [-0.4, -0.2) is 25.3 Å². The third-order valence-electron chi connectivity index (χ3n) is 5.81. The zero-order chi connectivity index (χ0) is 17.6. The first-order valence-electron chi connectivity index (χ1n) is 8.89. The molecule has 130 valence electrons. The molecule has 1 fully saturated rings. The molecule has 4 heteroatoms. The van der Waals surface area contributed by atoms with Crippen LogP contribution in [0.25, 0.3) is 11.1 Å². The fourth-order valence-corrected chi connectivity index (χ4v) is 4.16. The Kier molecular flexibility index (Phi) is 3.71. The second-order valence-electron chi connectivity index (χ2n) is 7.60. The van der Waals surface area contributed by atoms with E-state index in [4.69, 9.17) is 0 Å². The Morgan fingerprint density at radius 2 is 1.88 bits per heavy atom. The molecule has 25 heavy (non-hydrogen) atoms. The molecular formula is C21H24N2O2. The number of nitrogens with one attached hydrogen (secondary N) is 1. The van der Waals surface area contributed by atoms with Crippen molar-refractivity contribution in [3.05, 3.63) is 53.6 Å². The minimum Gasteiger partial charge on any atom is -0.465 e. The van der Waals surface area contributed by atoms with E-state index < -0.39 is 6.09 Å². The maximum atomic E-state index is 11.3. The smallest absolute Gasteiger partial charge is 0.405 e. The summed E-state index contributed by atoms with van der Waals surface area (Å²) in [5.74, 6) is 0. The first-order chi connectivity index (χ1) is 12.0. The first kappa shape index (κ1) is 16.0. The molecule has 0 aliphatic heterocycles. The number of benzene rings is 2. The van der Waals surface area contributed by atoms with E-state index >= 15 is 0 Å². The van der Waals surface area contributed by atoms with Gasteiger partial charge in [0.15, 0.2) is 0 Å². The molecule has 4 rings (SSSR count). The average molecular weight is 336 g/mol. The predicted octanol–water partition coefficient (Wildman–Crippen LogP) is 4.45. The van der Waals surface area contributed by atoms with Crippen molar-refractivity contribution < 1.29 is 9.90 Å². The van der Waals surface area contributed by atoms with E-state index in [2.05, 4.69) is 52.7 Å². The number of rotatable bonds is 3. The van der Waals surface area contributed by atoms with E-state index in [1.54, 1.807) is 0 Å². The average Bonchev–Trinajstić information content (AvgIpc) is 3.37. The van der Waals surface area contributed by atoms with Gasteiger partial charge in [0.25, 0.3) is 0 Å². The van der Waals surface area contributed by atoms with Crippen molar-refractivity contribution in [2.75, 3.05) is 19.0 Å². The highest BCUT2D eigenvalue weighted by molar-refractivity contribution is 5.70. The number of hydrogen-bond acceptors (Lipinski definition) is 2. The third-order valence-corrected chi connectivity index (χ3v) is 5.81. The Bertz CT molecular complexity index is 824. The Labute approximate surface area is 148 Å². The number of fused-ring (bicyclic) bond motifs is 1. The lowest BCUT2D eigenvalue weighted by Gasteiger charge is -2.34. The van der Waals surface area contributed by atoms with Crippen molar-refractivity contribution in [2.45, 2.75) is 31.7 Å². The fraction of sp³-hybridized carbons (Fsp3) is 0.381. The Morgan fingerprint density at radius 3 is 2.56 bits per heavy atom. The molecule has 0 bridgehead atoms. The van der Waals surface area contributed by atoms with Crippen LogP contribution in [0.1, 0.15) is 36.4 Å². The van der Waals surface area contributed by atoms with Gasteiger partial charge in [-0.3, -0.25) is 0 Å². The first-order valence-corrected chi connectivity index (χ1v) is 8.89. The summed E-state index contributed by atoms with van der Waals surface area (Å²) in [6.07, 6.45) is 3.45. The van der Waals surface area contributed by atoms with Gasteiger partial charge in [-0.25, -0.2) is 4.79 Å². The second kappa shape index (κ2) is 5.80. The summed E-state index contributed by atoms with van der Waals surface area (Å²) in [4.78, 5) is 13.4. The van der Waals surface area contributed by atoms with Gasteiger partial charge in [-0.05, 0) is 65.5 Å². The molecule has 1 saturated carbocycles. The number of carbonyl (C=O) groups is 1. The standard InChI is InChI=1S/C21H24N2O2/c1-23(2)17-5-3-4-14(13-17)15-6-7-18-16(12-15)8-9-21(10-11-21)19(18)22-20(24)25/h3-7,12-13,19,22H,8-11H2,1-2H3,(H,24,25). The predicted molar refractivity (Wildman–Crippen MR) is 100 cm³/mol. The molecule has 1 atom stereocenters. The molecule has 1 amide bonds. The third kappa shape index (κ3) is 2.86. The normalized spacial score (nSPS) is 20.0. The lowest BCUT2D eigenvalue weighted by atomic mass is 9.76. The van der Waals surface area contributed by atoms with Gasteiger partial charge < -0.3 is 15.3 Å². The molecule has 0 heterocycles. The van der Waals surface area contributed by atoms with Crippen LogP contribution in [-0.2, 0) is 6.42 Å². The summed E-state index contributed by atoms with van der Waals surface area (Å²) in [5.41, 5.74) is 6.18. The highest BCUT2D eigenvalue weighted by Gasteiger charge is 2.52. The molecule has 2 aliphatic rings.